The Morgan fingerprint density at radius 2 is 1.86 bits per heavy atom. The molecule has 112 valence electrons. The van der Waals surface area contributed by atoms with Crippen molar-refractivity contribution in [2.24, 2.45) is 0 Å². The third kappa shape index (κ3) is 4.13. The summed E-state index contributed by atoms with van der Waals surface area (Å²) in [6.45, 7) is 2.04. The number of halogens is 2. The highest BCUT2D eigenvalue weighted by Crippen LogP contribution is 2.29. The van der Waals surface area contributed by atoms with E-state index in [9.17, 15) is 0 Å². The van der Waals surface area contributed by atoms with Crippen LogP contribution in [0.2, 0.25) is 10.0 Å². The summed E-state index contributed by atoms with van der Waals surface area (Å²) in [6, 6.07) is 11.9. The molecule has 21 heavy (non-hydrogen) atoms. The van der Waals surface area contributed by atoms with Crippen molar-refractivity contribution in [1.82, 2.24) is 5.32 Å². The molecule has 1 unspecified atom stereocenters. The zero-order valence-electron chi connectivity index (χ0n) is 12.4. The highest BCUT2D eigenvalue weighted by molar-refractivity contribution is 6.31. The molecule has 2 aromatic carbocycles. The molecule has 0 amide bonds. The smallest absolute Gasteiger partial charge is 0.122 e. The molecule has 2 rings (SSSR count). The van der Waals surface area contributed by atoms with Gasteiger partial charge in [-0.1, -0.05) is 29.3 Å². The van der Waals surface area contributed by atoms with Gasteiger partial charge in [0.15, 0.2) is 0 Å². The summed E-state index contributed by atoms with van der Waals surface area (Å²) in [5.74, 6) is 0.846. The Balaban J connectivity index is 2.32. The highest BCUT2D eigenvalue weighted by Gasteiger charge is 2.14. The molecule has 0 aliphatic carbocycles. The molecule has 4 heteroatoms. The lowest BCUT2D eigenvalue weighted by Gasteiger charge is -2.19. The first-order chi connectivity index (χ1) is 10.0. The average Bonchev–Trinajstić information content (AvgIpc) is 2.43. The van der Waals surface area contributed by atoms with Crippen LogP contribution >= 0.6 is 23.2 Å². The molecule has 0 saturated carbocycles. The van der Waals surface area contributed by atoms with E-state index in [1.54, 1.807) is 7.11 Å². The Labute approximate surface area is 136 Å². The third-order valence-electron chi connectivity index (χ3n) is 3.48. The maximum Gasteiger partial charge on any atom is 0.122 e. The standard InChI is InChI=1S/C17H19Cl2NO/c1-11-6-12(8-15(19)7-11)16(20-2)10-13-9-14(18)4-5-17(13)21-3/h4-9,16,20H,10H2,1-3H3. The fourth-order valence-corrected chi connectivity index (χ4v) is 2.97. The van der Waals surface area contributed by atoms with E-state index in [0.29, 0.717) is 5.02 Å². The summed E-state index contributed by atoms with van der Waals surface area (Å²) in [5, 5.41) is 4.80. The topological polar surface area (TPSA) is 21.3 Å². The zero-order chi connectivity index (χ0) is 15.4. The minimum Gasteiger partial charge on any atom is -0.496 e. The van der Waals surface area contributed by atoms with Crippen molar-refractivity contribution in [2.45, 2.75) is 19.4 Å². The lowest BCUT2D eigenvalue weighted by Crippen LogP contribution is -2.19. The van der Waals surface area contributed by atoms with Gasteiger partial charge in [-0.25, -0.2) is 0 Å². The van der Waals surface area contributed by atoms with Crippen LogP contribution in [-0.4, -0.2) is 14.2 Å². The molecule has 0 spiro atoms. The lowest BCUT2D eigenvalue weighted by atomic mass is 9.97. The van der Waals surface area contributed by atoms with E-state index in [1.807, 2.05) is 44.3 Å². The van der Waals surface area contributed by atoms with Crippen molar-refractivity contribution in [3.63, 3.8) is 0 Å². The molecular weight excluding hydrogens is 305 g/mol. The average molecular weight is 324 g/mol. The van der Waals surface area contributed by atoms with E-state index in [1.165, 1.54) is 0 Å². The fraction of sp³-hybridized carbons (Fsp3) is 0.294. The van der Waals surface area contributed by atoms with Gasteiger partial charge in [0, 0.05) is 16.1 Å². The minimum absolute atomic E-state index is 0.148. The summed E-state index contributed by atoms with van der Waals surface area (Å²) in [5.41, 5.74) is 3.38. The van der Waals surface area contributed by atoms with E-state index in [-0.39, 0.29) is 6.04 Å². The Kier molecular flexibility index (Phi) is 5.51. The number of ether oxygens (including phenoxy) is 1. The van der Waals surface area contributed by atoms with Gasteiger partial charge in [-0.15, -0.1) is 0 Å². The van der Waals surface area contributed by atoms with Crippen LogP contribution < -0.4 is 10.1 Å². The van der Waals surface area contributed by atoms with E-state index in [4.69, 9.17) is 27.9 Å². The van der Waals surface area contributed by atoms with E-state index < -0.39 is 0 Å². The molecule has 1 atom stereocenters. The first-order valence-electron chi connectivity index (χ1n) is 6.80. The van der Waals surface area contributed by atoms with Crippen molar-refractivity contribution in [3.8, 4) is 5.75 Å². The number of benzene rings is 2. The molecule has 2 nitrogen and oxygen atoms in total. The van der Waals surface area contributed by atoms with Gasteiger partial charge in [-0.3, -0.25) is 0 Å². The van der Waals surface area contributed by atoms with Gasteiger partial charge >= 0.3 is 0 Å². The Hall–Kier alpha value is -1.22. The molecule has 0 bridgehead atoms. The number of hydrogen-bond acceptors (Lipinski definition) is 2. The maximum atomic E-state index is 6.16. The predicted octanol–water partition coefficient (Wildman–Crippen LogP) is 4.81. The summed E-state index contributed by atoms with van der Waals surface area (Å²) >= 11 is 12.3. The molecule has 0 radical (unpaired) electrons. The molecule has 0 aliphatic heterocycles. The Morgan fingerprint density at radius 3 is 2.48 bits per heavy atom. The van der Waals surface area contributed by atoms with Gasteiger partial charge in [-0.05, 0) is 67.4 Å². The molecule has 0 aromatic heterocycles. The number of methoxy groups -OCH3 is 1. The summed E-state index contributed by atoms with van der Waals surface area (Å²) in [7, 11) is 3.61. The number of aryl methyl sites for hydroxylation is 1. The van der Waals surface area contributed by atoms with Crippen LogP contribution in [0, 0.1) is 6.92 Å². The minimum atomic E-state index is 0.148. The van der Waals surface area contributed by atoms with Crippen molar-refractivity contribution in [3.05, 3.63) is 63.1 Å². The van der Waals surface area contributed by atoms with E-state index in [0.717, 1.165) is 33.9 Å². The van der Waals surface area contributed by atoms with Gasteiger partial charge in [0.25, 0.3) is 0 Å². The third-order valence-corrected chi connectivity index (χ3v) is 3.94. The molecule has 0 saturated heterocycles. The largest absolute Gasteiger partial charge is 0.496 e. The number of hydrogen-bond donors (Lipinski definition) is 1. The summed E-state index contributed by atoms with van der Waals surface area (Å²) in [4.78, 5) is 0. The first kappa shape index (κ1) is 16.2. The van der Waals surface area contributed by atoms with Gasteiger partial charge in [0.2, 0.25) is 0 Å². The van der Waals surface area contributed by atoms with Crippen LogP contribution in [0.3, 0.4) is 0 Å². The lowest BCUT2D eigenvalue weighted by molar-refractivity contribution is 0.406. The number of rotatable bonds is 5. The number of nitrogens with one attached hydrogen (secondary N) is 1. The van der Waals surface area contributed by atoms with Crippen LogP contribution in [0.5, 0.6) is 5.75 Å². The van der Waals surface area contributed by atoms with Crippen molar-refractivity contribution < 1.29 is 4.74 Å². The van der Waals surface area contributed by atoms with Crippen molar-refractivity contribution in [2.75, 3.05) is 14.2 Å². The quantitative estimate of drug-likeness (QED) is 0.852. The van der Waals surface area contributed by atoms with Crippen molar-refractivity contribution >= 4 is 23.2 Å². The van der Waals surface area contributed by atoms with Gasteiger partial charge in [0.1, 0.15) is 5.75 Å². The van der Waals surface area contributed by atoms with Crippen LogP contribution in [0.1, 0.15) is 22.7 Å². The van der Waals surface area contributed by atoms with Crippen molar-refractivity contribution in [1.29, 1.82) is 0 Å². The molecule has 1 N–H and O–H groups in total. The zero-order valence-corrected chi connectivity index (χ0v) is 13.9. The Bertz CT molecular complexity index is 608. The molecule has 2 aromatic rings. The van der Waals surface area contributed by atoms with Crippen LogP contribution in [-0.2, 0) is 6.42 Å². The maximum absolute atomic E-state index is 6.16. The summed E-state index contributed by atoms with van der Waals surface area (Å²) < 4.78 is 5.42. The normalized spacial score (nSPS) is 12.2. The van der Waals surface area contributed by atoms with Crippen LogP contribution in [0.15, 0.2) is 36.4 Å². The number of likely N-dealkylation sites (N-methyl/N-ethyl adjacent to an activating group) is 1. The molecular formula is C17H19Cl2NO. The van der Waals surface area contributed by atoms with Gasteiger partial charge < -0.3 is 10.1 Å². The van der Waals surface area contributed by atoms with E-state index >= 15 is 0 Å². The second kappa shape index (κ2) is 7.17. The SMILES string of the molecule is CNC(Cc1cc(Cl)ccc1OC)c1cc(C)cc(Cl)c1. The fourth-order valence-electron chi connectivity index (χ4n) is 2.48. The second-order valence-corrected chi connectivity index (χ2v) is 5.94. The van der Waals surface area contributed by atoms with Gasteiger partial charge in [0.05, 0.1) is 7.11 Å². The molecule has 0 fully saturated rings. The Morgan fingerprint density at radius 1 is 1.10 bits per heavy atom. The van der Waals surface area contributed by atoms with Crippen LogP contribution in [0.25, 0.3) is 0 Å². The summed E-state index contributed by atoms with van der Waals surface area (Å²) in [6.07, 6.45) is 0.778. The predicted molar refractivity (Wildman–Crippen MR) is 89.7 cm³/mol. The second-order valence-electron chi connectivity index (χ2n) is 5.06. The molecule has 0 aliphatic rings. The van der Waals surface area contributed by atoms with Crippen LogP contribution in [0.4, 0.5) is 0 Å². The van der Waals surface area contributed by atoms with E-state index in [2.05, 4.69) is 11.4 Å². The monoisotopic (exact) mass is 323 g/mol. The highest BCUT2D eigenvalue weighted by atomic mass is 35.5. The molecule has 0 heterocycles. The first-order valence-corrected chi connectivity index (χ1v) is 7.56. The van der Waals surface area contributed by atoms with Gasteiger partial charge in [-0.2, -0.15) is 0 Å².